The number of nitrogen functional groups attached to an aromatic ring is 2. The van der Waals surface area contributed by atoms with Gasteiger partial charge in [0.1, 0.15) is 23.0 Å². The molecule has 0 amide bonds. The molecule has 3 heterocycles. The SMILES string of the molecule is Nc1cc(Cl)c(-c2nc3ccnc(Nc4cc(N)ncn4)c3s2)c(Cl)c1. The highest BCUT2D eigenvalue weighted by molar-refractivity contribution is 7.22. The number of hydrogen-bond donors (Lipinski definition) is 3. The fourth-order valence-electron chi connectivity index (χ4n) is 2.41. The third-order valence-electron chi connectivity index (χ3n) is 3.52. The number of nitrogens with zero attached hydrogens (tertiary/aromatic N) is 4. The third kappa shape index (κ3) is 3.10. The Morgan fingerprint density at radius 2 is 1.77 bits per heavy atom. The number of rotatable bonds is 3. The molecule has 7 nitrogen and oxygen atoms in total. The first-order valence-corrected chi connectivity index (χ1v) is 8.93. The van der Waals surface area contributed by atoms with Gasteiger partial charge in [-0.3, -0.25) is 0 Å². The van der Waals surface area contributed by atoms with E-state index in [1.165, 1.54) is 17.7 Å². The maximum Gasteiger partial charge on any atom is 0.151 e. The average Bonchev–Trinajstić information content (AvgIpc) is 2.98. The lowest BCUT2D eigenvalue weighted by atomic mass is 10.2. The van der Waals surface area contributed by atoms with Crippen molar-refractivity contribution in [1.29, 1.82) is 0 Å². The number of benzene rings is 1. The molecule has 130 valence electrons. The number of aromatic nitrogens is 4. The molecule has 0 atom stereocenters. The van der Waals surface area contributed by atoms with E-state index in [-0.39, 0.29) is 0 Å². The van der Waals surface area contributed by atoms with Crippen molar-refractivity contribution in [2.45, 2.75) is 0 Å². The molecule has 0 aliphatic rings. The smallest absolute Gasteiger partial charge is 0.151 e. The lowest BCUT2D eigenvalue weighted by Crippen LogP contribution is -1.98. The second-order valence-corrected chi connectivity index (χ2v) is 7.15. The van der Waals surface area contributed by atoms with E-state index in [0.717, 1.165) is 10.2 Å². The van der Waals surface area contributed by atoms with Gasteiger partial charge >= 0.3 is 0 Å². The van der Waals surface area contributed by atoms with Crippen LogP contribution in [0.1, 0.15) is 0 Å². The normalized spacial score (nSPS) is 11.0. The van der Waals surface area contributed by atoms with E-state index in [4.69, 9.17) is 34.7 Å². The lowest BCUT2D eigenvalue weighted by Gasteiger charge is -2.05. The molecule has 0 aliphatic heterocycles. The van der Waals surface area contributed by atoms with Crippen LogP contribution in [-0.4, -0.2) is 19.9 Å². The second kappa shape index (κ2) is 6.56. The van der Waals surface area contributed by atoms with Crippen molar-refractivity contribution >= 4 is 67.9 Å². The first-order chi connectivity index (χ1) is 12.5. The maximum absolute atomic E-state index is 6.32. The van der Waals surface area contributed by atoms with Crippen LogP contribution in [-0.2, 0) is 0 Å². The molecular weight excluding hydrogens is 393 g/mol. The van der Waals surface area contributed by atoms with Crippen LogP contribution < -0.4 is 16.8 Å². The first-order valence-electron chi connectivity index (χ1n) is 7.36. The molecule has 0 radical (unpaired) electrons. The van der Waals surface area contributed by atoms with Crippen LogP contribution in [0, 0.1) is 0 Å². The van der Waals surface area contributed by atoms with Gasteiger partial charge in [0, 0.05) is 23.5 Å². The average molecular weight is 404 g/mol. The number of hydrogen-bond acceptors (Lipinski definition) is 8. The number of pyridine rings is 1. The van der Waals surface area contributed by atoms with Crippen molar-refractivity contribution in [3.8, 4) is 10.6 Å². The van der Waals surface area contributed by atoms with E-state index in [1.807, 2.05) is 6.07 Å². The van der Waals surface area contributed by atoms with E-state index in [1.54, 1.807) is 24.4 Å². The van der Waals surface area contributed by atoms with Gasteiger partial charge in [-0.25, -0.2) is 19.9 Å². The van der Waals surface area contributed by atoms with Gasteiger partial charge in [-0.05, 0) is 18.2 Å². The largest absolute Gasteiger partial charge is 0.399 e. The van der Waals surface area contributed by atoms with Gasteiger partial charge in [0.15, 0.2) is 5.82 Å². The summed E-state index contributed by atoms with van der Waals surface area (Å²) in [5.74, 6) is 1.50. The molecule has 0 fully saturated rings. The van der Waals surface area contributed by atoms with Crippen molar-refractivity contribution in [2.75, 3.05) is 16.8 Å². The molecule has 10 heteroatoms. The zero-order valence-electron chi connectivity index (χ0n) is 13.1. The van der Waals surface area contributed by atoms with Crippen molar-refractivity contribution in [3.05, 3.63) is 46.8 Å². The van der Waals surface area contributed by atoms with Crippen LogP contribution in [0.15, 0.2) is 36.8 Å². The minimum atomic E-state index is 0.361. The number of nitrogens with two attached hydrogens (primary N) is 2. The number of fused-ring (bicyclic) bond motifs is 1. The molecular formula is C16H11Cl2N7S. The molecule has 1 aromatic carbocycles. The summed E-state index contributed by atoms with van der Waals surface area (Å²) >= 11 is 14.1. The predicted molar refractivity (Wildman–Crippen MR) is 107 cm³/mol. The van der Waals surface area contributed by atoms with Crippen LogP contribution >= 0.6 is 34.5 Å². The van der Waals surface area contributed by atoms with Crippen molar-refractivity contribution in [1.82, 2.24) is 19.9 Å². The standard InChI is InChI=1S/C16H11Cl2N7S/c17-8-3-7(19)4-9(18)13(8)16-24-10-1-2-21-15(14(10)26-16)25-12-5-11(20)22-6-23-12/h1-6H,19H2,(H3,20,21,22,23,25). The summed E-state index contributed by atoms with van der Waals surface area (Å²) in [7, 11) is 0. The molecule has 0 saturated carbocycles. The molecule has 0 bridgehead atoms. The summed E-state index contributed by atoms with van der Waals surface area (Å²) in [5.41, 5.74) is 13.4. The molecule has 0 unspecified atom stereocenters. The molecule has 5 N–H and O–H groups in total. The minimum absolute atomic E-state index is 0.361. The third-order valence-corrected chi connectivity index (χ3v) is 5.21. The number of halogens is 2. The van der Waals surface area contributed by atoms with E-state index >= 15 is 0 Å². The predicted octanol–water partition coefficient (Wildman–Crippen LogP) is 4.36. The zero-order chi connectivity index (χ0) is 18.3. The fourth-order valence-corrected chi connectivity index (χ4v) is 4.28. The Morgan fingerprint density at radius 1 is 1.00 bits per heavy atom. The second-order valence-electron chi connectivity index (χ2n) is 5.34. The Hall–Kier alpha value is -2.68. The molecule has 3 aromatic heterocycles. The minimum Gasteiger partial charge on any atom is -0.399 e. The Bertz CT molecular complexity index is 1110. The number of anilines is 4. The summed E-state index contributed by atoms with van der Waals surface area (Å²) in [5, 5.41) is 4.70. The molecule has 4 aromatic rings. The summed E-state index contributed by atoms with van der Waals surface area (Å²) in [6.07, 6.45) is 3.04. The van der Waals surface area contributed by atoms with Gasteiger partial charge in [0.25, 0.3) is 0 Å². The highest BCUT2D eigenvalue weighted by Crippen LogP contribution is 2.41. The van der Waals surface area contributed by atoms with E-state index < -0.39 is 0 Å². The van der Waals surface area contributed by atoms with Crippen molar-refractivity contribution in [2.24, 2.45) is 0 Å². The summed E-state index contributed by atoms with van der Waals surface area (Å²) in [6, 6.07) is 6.73. The summed E-state index contributed by atoms with van der Waals surface area (Å²) in [6.45, 7) is 0. The van der Waals surface area contributed by atoms with Crippen LogP contribution in [0.5, 0.6) is 0 Å². The molecule has 0 saturated heterocycles. The highest BCUT2D eigenvalue weighted by atomic mass is 35.5. The lowest BCUT2D eigenvalue weighted by molar-refractivity contribution is 1.17. The van der Waals surface area contributed by atoms with E-state index in [2.05, 4.69) is 25.3 Å². The van der Waals surface area contributed by atoms with Crippen LogP contribution in [0.3, 0.4) is 0 Å². The van der Waals surface area contributed by atoms with Crippen LogP contribution in [0.4, 0.5) is 23.1 Å². The van der Waals surface area contributed by atoms with Gasteiger partial charge in [-0.2, -0.15) is 0 Å². The zero-order valence-corrected chi connectivity index (χ0v) is 15.4. The molecule has 0 aliphatic carbocycles. The maximum atomic E-state index is 6.32. The van der Waals surface area contributed by atoms with Gasteiger partial charge in [0.05, 0.1) is 20.3 Å². The van der Waals surface area contributed by atoms with Crippen molar-refractivity contribution in [3.63, 3.8) is 0 Å². The first kappa shape index (κ1) is 16.8. The number of nitrogens with one attached hydrogen (secondary N) is 1. The number of thiazole rings is 1. The Kier molecular flexibility index (Phi) is 4.23. The Morgan fingerprint density at radius 3 is 2.50 bits per heavy atom. The van der Waals surface area contributed by atoms with Gasteiger partial charge in [0.2, 0.25) is 0 Å². The van der Waals surface area contributed by atoms with Crippen LogP contribution in [0.2, 0.25) is 10.0 Å². The fraction of sp³-hybridized carbons (Fsp3) is 0. The van der Waals surface area contributed by atoms with Gasteiger partial charge < -0.3 is 16.8 Å². The monoisotopic (exact) mass is 403 g/mol. The summed E-state index contributed by atoms with van der Waals surface area (Å²) in [4.78, 5) is 17.0. The summed E-state index contributed by atoms with van der Waals surface area (Å²) < 4.78 is 0.837. The highest BCUT2D eigenvalue weighted by Gasteiger charge is 2.17. The molecule has 4 rings (SSSR count). The van der Waals surface area contributed by atoms with E-state index in [0.29, 0.717) is 43.8 Å². The molecule has 26 heavy (non-hydrogen) atoms. The Labute approximate surface area is 162 Å². The van der Waals surface area contributed by atoms with Gasteiger partial charge in [-0.15, -0.1) is 11.3 Å². The van der Waals surface area contributed by atoms with E-state index in [9.17, 15) is 0 Å². The van der Waals surface area contributed by atoms with Crippen LogP contribution in [0.25, 0.3) is 20.8 Å². The quantitative estimate of drug-likeness (QED) is 0.435. The van der Waals surface area contributed by atoms with Gasteiger partial charge in [-0.1, -0.05) is 23.2 Å². The molecule has 0 spiro atoms. The Balaban J connectivity index is 1.81. The topological polar surface area (TPSA) is 116 Å². The van der Waals surface area contributed by atoms with Crippen molar-refractivity contribution < 1.29 is 0 Å².